The minimum Gasteiger partial charge on any atom is -0.378 e. The third-order valence-corrected chi connectivity index (χ3v) is 4.77. The standard InChI is InChI=1S/C18H28N4O2/c1-14-10-15(20(2)3)11-16(19-14)17-12-21(8-9-24-17)13-18(23)22-6-4-5-7-22/h10-11,17H,4-9,12-13H2,1-3H3. The van der Waals surface area contributed by atoms with E-state index in [1.54, 1.807) is 0 Å². The lowest BCUT2D eigenvalue weighted by atomic mass is 10.1. The molecule has 24 heavy (non-hydrogen) atoms. The average Bonchev–Trinajstić information content (AvgIpc) is 3.09. The molecule has 1 atom stereocenters. The van der Waals surface area contributed by atoms with Crippen LogP contribution in [0.1, 0.15) is 30.3 Å². The van der Waals surface area contributed by atoms with Gasteiger partial charge in [0.1, 0.15) is 6.10 Å². The highest BCUT2D eigenvalue weighted by atomic mass is 16.5. The van der Waals surface area contributed by atoms with Gasteiger partial charge in [0.05, 0.1) is 18.8 Å². The predicted octanol–water partition coefficient (Wildman–Crippen LogP) is 1.45. The molecule has 1 aromatic heterocycles. The Balaban J connectivity index is 1.66. The Morgan fingerprint density at radius 3 is 2.75 bits per heavy atom. The average molecular weight is 332 g/mol. The minimum absolute atomic E-state index is 0.0660. The Bertz CT molecular complexity index is 584. The summed E-state index contributed by atoms with van der Waals surface area (Å²) in [6.07, 6.45) is 2.21. The molecule has 3 heterocycles. The fourth-order valence-electron chi connectivity index (χ4n) is 3.38. The first-order valence-electron chi connectivity index (χ1n) is 8.80. The van der Waals surface area contributed by atoms with Crippen molar-refractivity contribution in [3.05, 3.63) is 23.5 Å². The predicted molar refractivity (Wildman–Crippen MR) is 94.2 cm³/mol. The minimum atomic E-state index is -0.0660. The molecule has 2 aliphatic heterocycles. The second-order valence-electron chi connectivity index (χ2n) is 6.97. The van der Waals surface area contributed by atoms with E-state index in [-0.39, 0.29) is 12.0 Å². The Morgan fingerprint density at radius 1 is 1.29 bits per heavy atom. The SMILES string of the molecule is Cc1cc(N(C)C)cc(C2CN(CC(=O)N3CCCC3)CCO2)n1. The van der Waals surface area contributed by atoms with Crippen LogP contribution in [0.2, 0.25) is 0 Å². The van der Waals surface area contributed by atoms with Gasteiger partial charge in [-0.2, -0.15) is 0 Å². The Hall–Kier alpha value is -1.66. The van der Waals surface area contributed by atoms with Crippen molar-refractivity contribution in [1.82, 2.24) is 14.8 Å². The van der Waals surface area contributed by atoms with Crippen molar-refractivity contribution in [1.29, 1.82) is 0 Å². The zero-order valence-corrected chi connectivity index (χ0v) is 15.0. The molecule has 0 aromatic carbocycles. The number of rotatable bonds is 4. The number of anilines is 1. The smallest absolute Gasteiger partial charge is 0.236 e. The van der Waals surface area contributed by atoms with Gasteiger partial charge in [0.25, 0.3) is 0 Å². The Kier molecular flexibility index (Phi) is 5.36. The van der Waals surface area contributed by atoms with E-state index in [1.165, 1.54) is 0 Å². The van der Waals surface area contributed by atoms with Gasteiger partial charge in [-0.25, -0.2) is 0 Å². The molecule has 0 N–H and O–H groups in total. The number of hydrogen-bond acceptors (Lipinski definition) is 5. The van der Waals surface area contributed by atoms with Gasteiger partial charge in [0, 0.05) is 51.7 Å². The summed E-state index contributed by atoms with van der Waals surface area (Å²) in [6.45, 7) is 6.51. The number of carbonyl (C=O) groups excluding carboxylic acids is 1. The van der Waals surface area contributed by atoms with Crippen molar-refractivity contribution >= 4 is 11.6 Å². The summed E-state index contributed by atoms with van der Waals surface area (Å²) in [6, 6.07) is 4.16. The molecule has 0 saturated carbocycles. The molecule has 0 spiro atoms. The molecule has 2 aliphatic rings. The van der Waals surface area contributed by atoms with E-state index >= 15 is 0 Å². The summed E-state index contributed by atoms with van der Waals surface area (Å²) >= 11 is 0. The molecule has 2 fully saturated rings. The van der Waals surface area contributed by atoms with Crippen molar-refractivity contribution in [3.63, 3.8) is 0 Å². The number of amides is 1. The summed E-state index contributed by atoms with van der Waals surface area (Å²) in [4.78, 5) is 23.3. The number of pyridine rings is 1. The van der Waals surface area contributed by atoms with Crippen LogP contribution in [0.4, 0.5) is 5.69 Å². The highest BCUT2D eigenvalue weighted by molar-refractivity contribution is 5.78. The van der Waals surface area contributed by atoms with E-state index < -0.39 is 0 Å². The first-order valence-corrected chi connectivity index (χ1v) is 8.80. The van der Waals surface area contributed by atoms with Crippen molar-refractivity contribution in [2.45, 2.75) is 25.9 Å². The maximum Gasteiger partial charge on any atom is 0.236 e. The van der Waals surface area contributed by atoms with Gasteiger partial charge in [-0.1, -0.05) is 0 Å². The topological polar surface area (TPSA) is 48.9 Å². The number of carbonyl (C=O) groups is 1. The van der Waals surface area contributed by atoms with Gasteiger partial charge in [-0.3, -0.25) is 14.7 Å². The molecule has 3 rings (SSSR count). The third kappa shape index (κ3) is 4.05. The van der Waals surface area contributed by atoms with Gasteiger partial charge in [0.15, 0.2) is 0 Å². The highest BCUT2D eigenvalue weighted by Crippen LogP contribution is 2.25. The van der Waals surface area contributed by atoms with Gasteiger partial charge in [-0.15, -0.1) is 0 Å². The fraction of sp³-hybridized carbons (Fsp3) is 0.667. The van der Waals surface area contributed by atoms with Gasteiger partial charge in [-0.05, 0) is 31.9 Å². The summed E-state index contributed by atoms with van der Waals surface area (Å²) in [5.41, 5.74) is 3.08. The number of aryl methyl sites for hydroxylation is 1. The third-order valence-electron chi connectivity index (χ3n) is 4.77. The fourth-order valence-corrected chi connectivity index (χ4v) is 3.38. The van der Waals surface area contributed by atoms with Crippen LogP contribution in [0, 0.1) is 6.92 Å². The molecule has 6 heteroatoms. The monoisotopic (exact) mass is 332 g/mol. The van der Waals surface area contributed by atoms with Gasteiger partial charge in [0.2, 0.25) is 5.91 Å². The Morgan fingerprint density at radius 2 is 2.04 bits per heavy atom. The highest BCUT2D eigenvalue weighted by Gasteiger charge is 2.27. The Labute approximate surface area is 144 Å². The second-order valence-corrected chi connectivity index (χ2v) is 6.97. The zero-order valence-electron chi connectivity index (χ0n) is 15.0. The van der Waals surface area contributed by atoms with Crippen LogP contribution < -0.4 is 4.90 Å². The molecule has 0 aliphatic carbocycles. The van der Waals surface area contributed by atoms with Crippen LogP contribution in [0.25, 0.3) is 0 Å². The second kappa shape index (κ2) is 7.49. The first-order chi connectivity index (χ1) is 11.5. The number of nitrogens with zero attached hydrogens (tertiary/aromatic N) is 4. The number of aromatic nitrogens is 1. The lowest BCUT2D eigenvalue weighted by Gasteiger charge is -2.33. The van der Waals surface area contributed by atoms with Crippen molar-refractivity contribution in [3.8, 4) is 0 Å². The van der Waals surface area contributed by atoms with Crippen LogP contribution in [-0.2, 0) is 9.53 Å². The van der Waals surface area contributed by atoms with E-state index in [4.69, 9.17) is 4.74 Å². The van der Waals surface area contributed by atoms with Crippen molar-refractivity contribution < 1.29 is 9.53 Å². The molecule has 1 unspecified atom stereocenters. The van der Waals surface area contributed by atoms with E-state index in [0.717, 1.165) is 56.1 Å². The molecule has 0 radical (unpaired) electrons. The maximum atomic E-state index is 12.4. The number of ether oxygens (including phenoxy) is 1. The van der Waals surface area contributed by atoms with Crippen LogP contribution in [0.3, 0.4) is 0 Å². The van der Waals surface area contributed by atoms with Crippen molar-refractivity contribution in [2.75, 3.05) is 58.3 Å². The van der Waals surface area contributed by atoms with E-state index in [0.29, 0.717) is 13.2 Å². The maximum absolute atomic E-state index is 12.4. The summed E-state index contributed by atoms with van der Waals surface area (Å²) in [5, 5.41) is 0. The summed E-state index contributed by atoms with van der Waals surface area (Å²) < 4.78 is 5.94. The van der Waals surface area contributed by atoms with Crippen LogP contribution >= 0.6 is 0 Å². The lowest BCUT2D eigenvalue weighted by molar-refractivity contribution is -0.133. The molecule has 0 bridgehead atoms. The van der Waals surface area contributed by atoms with Crippen molar-refractivity contribution in [2.24, 2.45) is 0 Å². The first kappa shape index (κ1) is 17.2. The molecule has 1 aromatic rings. The van der Waals surface area contributed by atoms with Gasteiger partial charge >= 0.3 is 0 Å². The van der Waals surface area contributed by atoms with Crippen LogP contribution in [0.5, 0.6) is 0 Å². The number of hydrogen-bond donors (Lipinski definition) is 0. The molecule has 132 valence electrons. The van der Waals surface area contributed by atoms with Crippen LogP contribution in [-0.4, -0.2) is 74.1 Å². The summed E-state index contributed by atoms with van der Waals surface area (Å²) in [5.74, 6) is 0.249. The molecule has 2 saturated heterocycles. The largest absolute Gasteiger partial charge is 0.378 e. The van der Waals surface area contributed by atoms with E-state index in [1.807, 2.05) is 25.9 Å². The van der Waals surface area contributed by atoms with Gasteiger partial charge < -0.3 is 14.5 Å². The molecule has 6 nitrogen and oxygen atoms in total. The van der Waals surface area contributed by atoms with E-state index in [9.17, 15) is 4.79 Å². The zero-order chi connectivity index (χ0) is 17.1. The number of likely N-dealkylation sites (tertiary alicyclic amines) is 1. The molecular formula is C18H28N4O2. The molecule has 1 amide bonds. The summed E-state index contributed by atoms with van der Waals surface area (Å²) in [7, 11) is 4.06. The number of morpholine rings is 1. The van der Waals surface area contributed by atoms with E-state index in [2.05, 4.69) is 26.9 Å². The quantitative estimate of drug-likeness (QED) is 0.835. The normalized spacial score (nSPS) is 22.0. The molecular weight excluding hydrogens is 304 g/mol. The lowest BCUT2D eigenvalue weighted by Crippen LogP contribution is -2.45. The van der Waals surface area contributed by atoms with Crippen LogP contribution in [0.15, 0.2) is 12.1 Å².